The summed E-state index contributed by atoms with van der Waals surface area (Å²) in [6, 6.07) is 10.8. The van der Waals surface area contributed by atoms with Gasteiger partial charge in [0.25, 0.3) is 0 Å². The number of thioether (sulfide) groups is 1. The summed E-state index contributed by atoms with van der Waals surface area (Å²) < 4.78 is 0. The maximum atomic E-state index is 12.2. The van der Waals surface area contributed by atoms with Crippen LogP contribution in [0.4, 0.5) is 0 Å². The molecule has 22 heavy (non-hydrogen) atoms. The van der Waals surface area contributed by atoms with E-state index in [2.05, 4.69) is 51.9 Å². The van der Waals surface area contributed by atoms with Gasteiger partial charge in [0.2, 0.25) is 5.91 Å². The normalized spacial score (nSPS) is 21.7. The van der Waals surface area contributed by atoms with Crippen molar-refractivity contribution in [1.82, 2.24) is 9.80 Å². The molecular formula is C18H26N2OS. The molecular weight excluding hydrogens is 292 g/mol. The largest absolute Gasteiger partial charge is 0.342 e. The first-order valence-electron chi connectivity index (χ1n) is 8.32. The number of carbonyl (C=O) groups excluding carboxylic acids is 1. The van der Waals surface area contributed by atoms with Crippen molar-refractivity contribution in [3.05, 3.63) is 35.9 Å². The summed E-state index contributed by atoms with van der Waals surface area (Å²) >= 11 is 2.10. The first-order chi connectivity index (χ1) is 10.6. The Hall–Kier alpha value is -1.00. The number of rotatable bonds is 3. The molecule has 4 heteroatoms. The number of carbonyl (C=O) groups is 1. The minimum Gasteiger partial charge on any atom is -0.342 e. The molecule has 2 fully saturated rings. The average molecular weight is 318 g/mol. The lowest BCUT2D eigenvalue weighted by Gasteiger charge is -2.44. The van der Waals surface area contributed by atoms with Crippen LogP contribution in [-0.2, 0) is 11.3 Å². The molecule has 0 aliphatic carbocycles. The summed E-state index contributed by atoms with van der Waals surface area (Å²) in [4.78, 5) is 17.1. The lowest BCUT2D eigenvalue weighted by Crippen LogP contribution is -2.52. The fourth-order valence-corrected chi connectivity index (χ4v) is 5.07. The number of likely N-dealkylation sites (tertiary alicyclic amines) is 1. The summed E-state index contributed by atoms with van der Waals surface area (Å²) in [5, 5.41) is 0. The van der Waals surface area contributed by atoms with Gasteiger partial charge in [-0.1, -0.05) is 44.2 Å². The number of benzene rings is 1. The molecule has 0 radical (unpaired) electrons. The summed E-state index contributed by atoms with van der Waals surface area (Å²) in [6.45, 7) is 8.02. The number of hydrogen-bond acceptors (Lipinski definition) is 3. The van der Waals surface area contributed by atoms with E-state index in [4.69, 9.17) is 0 Å². The van der Waals surface area contributed by atoms with Crippen LogP contribution >= 0.6 is 11.8 Å². The molecule has 0 bridgehead atoms. The van der Waals surface area contributed by atoms with Crippen LogP contribution in [0, 0.1) is 5.92 Å². The van der Waals surface area contributed by atoms with Crippen molar-refractivity contribution in [2.24, 2.45) is 5.92 Å². The van der Waals surface area contributed by atoms with Crippen molar-refractivity contribution < 1.29 is 4.79 Å². The predicted molar refractivity (Wildman–Crippen MR) is 92.7 cm³/mol. The van der Waals surface area contributed by atoms with E-state index in [0.29, 0.717) is 5.91 Å². The zero-order valence-corrected chi connectivity index (χ0v) is 14.4. The van der Waals surface area contributed by atoms with Crippen LogP contribution in [0.25, 0.3) is 0 Å². The van der Waals surface area contributed by atoms with E-state index in [1.807, 2.05) is 13.8 Å². The highest BCUT2D eigenvalue weighted by molar-refractivity contribution is 8.00. The van der Waals surface area contributed by atoms with Crippen LogP contribution in [0.5, 0.6) is 0 Å². The molecule has 1 amide bonds. The van der Waals surface area contributed by atoms with Gasteiger partial charge < -0.3 is 4.90 Å². The summed E-state index contributed by atoms with van der Waals surface area (Å²) in [6.07, 6.45) is 2.20. The minimum absolute atomic E-state index is 0.116. The first-order valence-corrected chi connectivity index (χ1v) is 9.31. The molecule has 2 aliphatic heterocycles. The van der Waals surface area contributed by atoms with E-state index < -0.39 is 0 Å². The topological polar surface area (TPSA) is 23.6 Å². The Morgan fingerprint density at radius 1 is 1.18 bits per heavy atom. The molecule has 0 saturated carbocycles. The van der Waals surface area contributed by atoms with Crippen LogP contribution in [0.3, 0.4) is 0 Å². The number of amides is 1. The smallest absolute Gasteiger partial charge is 0.225 e. The quantitative estimate of drug-likeness (QED) is 0.855. The van der Waals surface area contributed by atoms with Crippen LogP contribution in [-0.4, -0.2) is 46.0 Å². The van der Waals surface area contributed by atoms with Crippen molar-refractivity contribution in [3.8, 4) is 0 Å². The van der Waals surface area contributed by atoms with Crippen LogP contribution in [0.2, 0.25) is 0 Å². The Bertz CT molecular complexity index is 509. The Morgan fingerprint density at radius 2 is 1.86 bits per heavy atom. The molecule has 3 rings (SSSR count). The maximum absolute atomic E-state index is 12.2. The molecule has 120 valence electrons. The second kappa shape index (κ2) is 6.63. The highest BCUT2D eigenvalue weighted by Gasteiger charge is 2.44. The molecule has 2 saturated heterocycles. The highest BCUT2D eigenvalue weighted by Crippen LogP contribution is 2.44. The van der Waals surface area contributed by atoms with E-state index >= 15 is 0 Å². The Balaban J connectivity index is 1.65. The van der Waals surface area contributed by atoms with Gasteiger partial charge in [-0.2, -0.15) is 0 Å². The van der Waals surface area contributed by atoms with E-state index in [1.54, 1.807) is 0 Å². The second-order valence-corrected chi connectivity index (χ2v) is 8.14. The second-order valence-electron chi connectivity index (χ2n) is 6.68. The molecule has 0 atom stereocenters. The molecule has 1 spiro atoms. The van der Waals surface area contributed by atoms with Gasteiger partial charge in [0.1, 0.15) is 0 Å². The molecule has 3 nitrogen and oxygen atoms in total. The predicted octanol–water partition coefficient (Wildman–Crippen LogP) is 3.21. The standard InChI is InChI=1S/C18H26N2OS/c1-15(2)17(21)19-10-8-18(9-11-19)20(12-13-22-18)14-16-6-4-3-5-7-16/h3-7,15H,8-14H2,1-2H3. The molecule has 1 aromatic carbocycles. The van der Waals surface area contributed by atoms with Crippen molar-refractivity contribution in [2.45, 2.75) is 38.1 Å². The number of piperidine rings is 1. The zero-order valence-electron chi connectivity index (χ0n) is 13.6. The SMILES string of the molecule is CC(C)C(=O)N1CCC2(CC1)SCCN2Cc1ccccc1. The fourth-order valence-electron chi connectivity index (χ4n) is 3.57. The van der Waals surface area contributed by atoms with Crippen molar-refractivity contribution in [3.63, 3.8) is 0 Å². The van der Waals surface area contributed by atoms with Crippen molar-refractivity contribution >= 4 is 17.7 Å². The Kier molecular flexibility index (Phi) is 4.79. The summed E-state index contributed by atoms with van der Waals surface area (Å²) in [7, 11) is 0. The molecule has 2 aliphatic rings. The number of nitrogens with zero attached hydrogens (tertiary/aromatic N) is 2. The van der Waals surface area contributed by atoms with Gasteiger partial charge in [0, 0.05) is 37.8 Å². The minimum atomic E-state index is 0.116. The zero-order chi connectivity index (χ0) is 15.6. The van der Waals surface area contributed by atoms with Gasteiger partial charge in [0.15, 0.2) is 0 Å². The molecule has 1 aromatic rings. The van der Waals surface area contributed by atoms with Gasteiger partial charge >= 0.3 is 0 Å². The summed E-state index contributed by atoms with van der Waals surface area (Å²) in [5.74, 6) is 1.64. The van der Waals surface area contributed by atoms with Gasteiger partial charge in [-0.15, -0.1) is 11.8 Å². The molecule has 2 heterocycles. The monoisotopic (exact) mass is 318 g/mol. The van der Waals surface area contributed by atoms with Crippen molar-refractivity contribution in [2.75, 3.05) is 25.4 Å². The lowest BCUT2D eigenvalue weighted by molar-refractivity contribution is -0.136. The Labute approximate surface area is 138 Å². The van der Waals surface area contributed by atoms with Gasteiger partial charge in [-0.3, -0.25) is 9.69 Å². The maximum Gasteiger partial charge on any atom is 0.225 e. The van der Waals surface area contributed by atoms with Crippen molar-refractivity contribution in [1.29, 1.82) is 0 Å². The third-order valence-corrected chi connectivity index (χ3v) is 6.47. The van der Waals surface area contributed by atoms with Gasteiger partial charge in [-0.05, 0) is 18.4 Å². The third kappa shape index (κ3) is 3.18. The number of hydrogen-bond donors (Lipinski definition) is 0. The molecule has 0 unspecified atom stereocenters. The van der Waals surface area contributed by atoms with Crippen LogP contribution in [0.15, 0.2) is 30.3 Å². The fraction of sp³-hybridized carbons (Fsp3) is 0.611. The summed E-state index contributed by atoms with van der Waals surface area (Å²) in [5.41, 5.74) is 1.39. The first kappa shape index (κ1) is 15.9. The van der Waals surface area contributed by atoms with Crippen LogP contribution < -0.4 is 0 Å². The van der Waals surface area contributed by atoms with Crippen LogP contribution in [0.1, 0.15) is 32.3 Å². The molecule has 0 N–H and O–H groups in total. The molecule has 0 aromatic heterocycles. The Morgan fingerprint density at radius 3 is 2.50 bits per heavy atom. The van der Waals surface area contributed by atoms with E-state index in [-0.39, 0.29) is 10.8 Å². The lowest BCUT2D eigenvalue weighted by atomic mass is 10.00. The van der Waals surface area contributed by atoms with Gasteiger partial charge in [0.05, 0.1) is 4.87 Å². The third-order valence-electron chi connectivity index (χ3n) is 4.87. The average Bonchev–Trinajstić information content (AvgIpc) is 2.91. The highest BCUT2D eigenvalue weighted by atomic mass is 32.2. The van der Waals surface area contributed by atoms with Gasteiger partial charge in [-0.25, -0.2) is 0 Å². The van der Waals surface area contributed by atoms with E-state index in [9.17, 15) is 4.79 Å². The van der Waals surface area contributed by atoms with E-state index in [0.717, 1.165) is 39.0 Å². The van der Waals surface area contributed by atoms with E-state index in [1.165, 1.54) is 11.3 Å².